The molecule has 0 heterocycles. The van der Waals surface area contributed by atoms with Gasteiger partial charge in [-0.3, -0.25) is 14.4 Å². The van der Waals surface area contributed by atoms with Crippen LogP contribution >= 0.6 is 0 Å². The van der Waals surface area contributed by atoms with E-state index in [0.717, 1.165) is 83.5 Å². The zero-order valence-corrected chi connectivity index (χ0v) is 44.8. The number of allylic oxidation sites excluding steroid dienone is 18. The SMILES string of the molecule is CC/C=C\C/C=C\C/C=C\C/C=C\CCCCC(=O)OC[C@H](COC(=O)CC/C=C\C/C=C\C/C=C\C/C=C\C/C=C\CCCCC)OC(=O)CCCCCCCCCCCCCCCCCCC. The molecule has 0 saturated carbocycles. The molecule has 0 aromatic heterocycles. The van der Waals surface area contributed by atoms with Gasteiger partial charge in [0.2, 0.25) is 0 Å². The highest BCUT2D eigenvalue weighted by Gasteiger charge is 2.19. The first-order chi connectivity index (χ1) is 34.0. The number of ether oxygens (including phenoxy) is 3. The summed E-state index contributed by atoms with van der Waals surface area (Å²) < 4.78 is 16.8. The second-order valence-electron chi connectivity index (χ2n) is 18.5. The largest absolute Gasteiger partial charge is 0.462 e. The zero-order chi connectivity index (χ0) is 50.0. The minimum atomic E-state index is -0.825. The van der Waals surface area contributed by atoms with Gasteiger partial charge in [-0.2, -0.15) is 0 Å². The van der Waals surface area contributed by atoms with Crippen LogP contribution in [0.15, 0.2) is 109 Å². The normalized spacial score (nSPS) is 12.9. The van der Waals surface area contributed by atoms with Gasteiger partial charge in [0, 0.05) is 19.3 Å². The number of carbonyl (C=O) groups is 3. The lowest BCUT2D eigenvalue weighted by molar-refractivity contribution is -0.166. The molecule has 1 atom stereocenters. The Labute approximate surface area is 425 Å². The number of carbonyl (C=O) groups excluding carboxylic acids is 3. The summed E-state index contributed by atoms with van der Waals surface area (Å²) >= 11 is 0. The Balaban J connectivity index is 4.55. The summed E-state index contributed by atoms with van der Waals surface area (Å²) in [7, 11) is 0. The van der Waals surface area contributed by atoms with Crippen LogP contribution in [-0.4, -0.2) is 37.2 Å². The van der Waals surface area contributed by atoms with Crippen LogP contribution in [0, 0.1) is 0 Å². The van der Waals surface area contributed by atoms with Gasteiger partial charge >= 0.3 is 17.9 Å². The molecule has 0 unspecified atom stereocenters. The molecule has 0 spiro atoms. The Morgan fingerprint density at radius 3 is 1.00 bits per heavy atom. The van der Waals surface area contributed by atoms with E-state index >= 15 is 0 Å². The van der Waals surface area contributed by atoms with Crippen molar-refractivity contribution in [2.45, 2.75) is 258 Å². The summed E-state index contributed by atoms with van der Waals surface area (Å²) in [4.78, 5) is 38.1. The van der Waals surface area contributed by atoms with Crippen LogP contribution in [-0.2, 0) is 28.6 Å². The van der Waals surface area contributed by atoms with Crippen LogP contribution in [0.5, 0.6) is 0 Å². The summed E-state index contributed by atoms with van der Waals surface area (Å²) in [6, 6.07) is 0. The van der Waals surface area contributed by atoms with Crippen LogP contribution in [0.25, 0.3) is 0 Å². The van der Waals surface area contributed by atoms with Crippen molar-refractivity contribution in [2.75, 3.05) is 13.2 Å². The molecule has 69 heavy (non-hydrogen) atoms. The lowest BCUT2D eigenvalue weighted by atomic mass is 10.0. The van der Waals surface area contributed by atoms with Gasteiger partial charge in [-0.1, -0.05) is 246 Å². The molecule has 6 heteroatoms. The number of unbranched alkanes of at least 4 members (excludes halogenated alkanes) is 21. The van der Waals surface area contributed by atoms with Crippen molar-refractivity contribution in [3.63, 3.8) is 0 Å². The van der Waals surface area contributed by atoms with E-state index in [9.17, 15) is 14.4 Å². The number of rotatable bonds is 50. The highest BCUT2D eigenvalue weighted by atomic mass is 16.6. The standard InChI is InChI=1S/C63H104O6/c1-4-7-10-13-16-19-22-25-28-30-31-33-35-38-41-44-47-50-53-56-62(65)68-59-60(58-67-61(64)55-52-49-46-43-40-37-34-27-24-21-18-15-12-9-6-3)69-63(66)57-54-51-48-45-42-39-36-32-29-26-23-20-17-14-11-8-5-2/h9,12,16,18-19,21,25,27-28,31,33-34,38,40-41,43,47,50,60H,4-8,10-11,13-15,17,20,22-24,26,29-30,32,35-37,39,42,44-46,48-49,51-59H2,1-3H3/b12-9-,19-16-,21-18-,28-25-,33-31-,34-27-,41-38-,43-40-,50-47-/t60-/m1/s1. The fourth-order valence-corrected chi connectivity index (χ4v) is 7.53. The molecule has 0 amide bonds. The summed E-state index contributed by atoms with van der Waals surface area (Å²) in [5, 5.41) is 0. The summed E-state index contributed by atoms with van der Waals surface area (Å²) in [6.45, 7) is 6.40. The molecule has 0 aromatic rings. The lowest BCUT2D eigenvalue weighted by Gasteiger charge is -2.18. The van der Waals surface area contributed by atoms with E-state index in [0.29, 0.717) is 25.7 Å². The third-order valence-corrected chi connectivity index (χ3v) is 11.8. The van der Waals surface area contributed by atoms with Crippen LogP contribution in [0.2, 0.25) is 0 Å². The average molecular weight is 958 g/mol. The predicted molar refractivity (Wildman–Crippen MR) is 297 cm³/mol. The van der Waals surface area contributed by atoms with Gasteiger partial charge in [0.1, 0.15) is 13.2 Å². The molecule has 392 valence electrons. The van der Waals surface area contributed by atoms with E-state index in [1.807, 2.05) is 6.08 Å². The maximum Gasteiger partial charge on any atom is 0.306 e. The van der Waals surface area contributed by atoms with Crippen molar-refractivity contribution in [3.05, 3.63) is 109 Å². The fraction of sp³-hybridized carbons (Fsp3) is 0.667. The maximum absolute atomic E-state index is 12.9. The molecule has 0 radical (unpaired) electrons. The van der Waals surface area contributed by atoms with Gasteiger partial charge in [-0.15, -0.1) is 0 Å². The topological polar surface area (TPSA) is 78.9 Å². The Morgan fingerprint density at radius 1 is 0.304 bits per heavy atom. The summed E-state index contributed by atoms with van der Waals surface area (Å²) in [6.07, 6.45) is 76.6. The van der Waals surface area contributed by atoms with E-state index in [1.165, 1.54) is 116 Å². The van der Waals surface area contributed by atoms with Crippen molar-refractivity contribution >= 4 is 17.9 Å². The lowest BCUT2D eigenvalue weighted by Crippen LogP contribution is -2.30. The van der Waals surface area contributed by atoms with Crippen molar-refractivity contribution in [3.8, 4) is 0 Å². The number of hydrogen-bond acceptors (Lipinski definition) is 6. The Morgan fingerprint density at radius 2 is 0.594 bits per heavy atom. The minimum absolute atomic E-state index is 0.122. The average Bonchev–Trinajstić information content (AvgIpc) is 3.35. The van der Waals surface area contributed by atoms with Gasteiger partial charge in [0.15, 0.2) is 6.10 Å². The van der Waals surface area contributed by atoms with Crippen LogP contribution in [0.4, 0.5) is 0 Å². The summed E-state index contributed by atoms with van der Waals surface area (Å²) in [5.41, 5.74) is 0. The van der Waals surface area contributed by atoms with Crippen LogP contribution in [0.1, 0.15) is 252 Å². The second-order valence-corrected chi connectivity index (χ2v) is 18.5. The van der Waals surface area contributed by atoms with E-state index in [-0.39, 0.29) is 37.5 Å². The molecule has 0 rings (SSSR count). The maximum atomic E-state index is 12.9. The van der Waals surface area contributed by atoms with Gasteiger partial charge in [-0.25, -0.2) is 0 Å². The first-order valence-electron chi connectivity index (χ1n) is 28.4. The van der Waals surface area contributed by atoms with E-state index in [2.05, 4.69) is 124 Å². The highest BCUT2D eigenvalue weighted by Crippen LogP contribution is 2.15. The van der Waals surface area contributed by atoms with Gasteiger partial charge in [0.05, 0.1) is 0 Å². The Hall–Kier alpha value is -3.93. The molecule has 0 bridgehead atoms. The molecule has 6 nitrogen and oxygen atoms in total. The third kappa shape index (κ3) is 54.9. The molecular formula is C63H104O6. The Bertz CT molecular complexity index is 1420. The van der Waals surface area contributed by atoms with Crippen molar-refractivity contribution in [1.82, 2.24) is 0 Å². The highest BCUT2D eigenvalue weighted by molar-refractivity contribution is 5.71. The van der Waals surface area contributed by atoms with Crippen LogP contribution in [0.3, 0.4) is 0 Å². The molecule has 0 aliphatic carbocycles. The quantitative estimate of drug-likeness (QED) is 0.0262. The molecule has 0 saturated heterocycles. The van der Waals surface area contributed by atoms with Gasteiger partial charge in [0.25, 0.3) is 0 Å². The zero-order valence-electron chi connectivity index (χ0n) is 44.8. The number of esters is 3. The molecule has 0 fully saturated rings. The van der Waals surface area contributed by atoms with Crippen molar-refractivity contribution < 1.29 is 28.6 Å². The molecule has 0 aromatic carbocycles. The fourth-order valence-electron chi connectivity index (χ4n) is 7.53. The monoisotopic (exact) mass is 957 g/mol. The van der Waals surface area contributed by atoms with E-state index in [4.69, 9.17) is 14.2 Å². The summed E-state index contributed by atoms with van der Waals surface area (Å²) in [5.74, 6) is -1.04. The van der Waals surface area contributed by atoms with Gasteiger partial charge in [-0.05, 0) is 96.3 Å². The van der Waals surface area contributed by atoms with E-state index in [1.54, 1.807) is 0 Å². The Kier molecular flexibility index (Phi) is 53.4. The molecule has 0 aliphatic heterocycles. The smallest absolute Gasteiger partial charge is 0.306 e. The van der Waals surface area contributed by atoms with Crippen LogP contribution < -0.4 is 0 Å². The number of hydrogen-bond donors (Lipinski definition) is 0. The minimum Gasteiger partial charge on any atom is -0.462 e. The van der Waals surface area contributed by atoms with Crippen molar-refractivity contribution in [2.24, 2.45) is 0 Å². The third-order valence-electron chi connectivity index (χ3n) is 11.8. The molecule has 0 aliphatic rings. The van der Waals surface area contributed by atoms with E-state index < -0.39 is 6.10 Å². The van der Waals surface area contributed by atoms with Crippen molar-refractivity contribution in [1.29, 1.82) is 0 Å². The first-order valence-corrected chi connectivity index (χ1v) is 28.4. The first kappa shape index (κ1) is 65.1. The molecular weight excluding hydrogens is 853 g/mol. The second kappa shape index (κ2) is 56.7. The van der Waals surface area contributed by atoms with Gasteiger partial charge < -0.3 is 14.2 Å². The molecule has 0 N–H and O–H groups in total. The predicted octanol–water partition coefficient (Wildman–Crippen LogP) is 19.1.